The number of hydrogen-bond acceptors (Lipinski definition) is 5. The molecule has 0 saturated heterocycles. The van der Waals surface area contributed by atoms with Gasteiger partial charge < -0.3 is 14.8 Å². The molecule has 1 heterocycles. The number of aryl methyl sites for hydroxylation is 2. The molecule has 1 aromatic heterocycles. The molecular weight excluding hydrogens is 360 g/mol. The highest BCUT2D eigenvalue weighted by atomic mass is 32.1. The number of ether oxygens (including phenoxy) is 2. The van der Waals surface area contributed by atoms with E-state index in [9.17, 15) is 4.79 Å². The smallest absolute Gasteiger partial charge is 0.230 e. The summed E-state index contributed by atoms with van der Waals surface area (Å²) in [6, 6.07) is 11.7. The van der Waals surface area contributed by atoms with Crippen LogP contribution in [0.3, 0.4) is 0 Å². The predicted molar refractivity (Wildman–Crippen MR) is 109 cm³/mol. The van der Waals surface area contributed by atoms with Crippen LogP contribution in [-0.2, 0) is 11.2 Å². The fraction of sp³-hybridized carbons (Fsp3) is 0.238. The lowest BCUT2D eigenvalue weighted by Crippen LogP contribution is -2.14. The van der Waals surface area contributed by atoms with Gasteiger partial charge in [-0.05, 0) is 43.2 Å². The summed E-state index contributed by atoms with van der Waals surface area (Å²) in [6.07, 6.45) is 0.235. The number of nitrogens with one attached hydrogen (secondary N) is 1. The normalized spacial score (nSPS) is 10.5. The SMILES string of the molecule is COc1ccc(CC(=O)Nc2nc(-c3cc(C)ccc3C)cs2)cc1OC. The van der Waals surface area contributed by atoms with Gasteiger partial charge in [0.05, 0.1) is 26.3 Å². The van der Waals surface area contributed by atoms with Gasteiger partial charge in [-0.3, -0.25) is 4.79 Å². The van der Waals surface area contributed by atoms with Gasteiger partial charge in [0.1, 0.15) is 0 Å². The van der Waals surface area contributed by atoms with E-state index in [1.807, 2.05) is 17.5 Å². The van der Waals surface area contributed by atoms with Crippen molar-refractivity contribution >= 4 is 22.4 Å². The summed E-state index contributed by atoms with van der Waals surface area (Å²) in [5.41, 5.74) is 5.16. The summed E-state index contributed by atoms with van der Waals surface area (Å²) >= 11 is 1.42. The third-order valence-corrected chi connectivity index (χ3v) is 4.99. The highest BCUT2D eigenvalue weighted by Crippen LogP contribution is 2.29. The zero-order valence-corrected chi connectivity index (χ0v) is 16.6. The lowest BCUT2D eigenvalue weighted by atomic mass is 10.0. The lowest BCUT2D eigenvalue weighted by molar-refractivity contribution is -0.115. The number of carbonyl (C=O) groups excluding carboxylic acids is 1. The molecule has 0 atom stereocenters. The van der Waals surface area contributed by atoms with E-state index in [1.165, 1.54) is 16.9 Å². The second-order valence-electron chi connectivity index (χ2n) is 6.27. The van der Waals surface area contributed by atoms with E-state index in [0.29, 0.717) is 16.6 Å². The first kappa shape index (κ1) is 18.9. The summed E-state index contributed by atoms with van der Waals surface area (Å²) in [6.45, 7) is 4.12. The molecule has 6 heteroatoms. The Balaban J connectivity index is 1.70. The largest absolute Gasteiger partial charge is 0.493 e. The second kappa shape index (κ2) is 8.22. The molecular formula is C21H22N2O3S. The van der Waals surface area contributed by atoms with Crippen molar-refractivity contribution in [1.29, 1.82) is 0 Å². The number of thiazole rings is 1. The van der Waals surface area contributed by atoms with Crippen molar-refractivity contribution in [3.05, 3.63) is 58.5 Å². The first-order chi connectivity index (χ1) is 13.0. The van der Waals surface area contributed by atoms with Gasteiger partial charge in [0.15, 0.2) is 16.6 Å². The molecule has 0 aliphatic carbocycles. The third-order valence-electron chi connectivity index (χ3n) is 4.23. The molecule has 3 rings (SSSR count). The van der Waals surface area contributed by atoms with Gasteiger partial charge in [-0.1, -0.05) is 23.8 Å². The van der Waals surface area contributed by atoms with Crippen LogP contribution in [0.2, 0.25) is 0 Å². The van der Waals surface area contributed by atoms with E-state index in [4.69, 9.17) is 9.47 Å². The van der Waals surface area contributed by atoms with E-state index >= 15 is 0 Å². The Kier molecular flexibility index (Phi) is 5.76. The van der Waals surface area contributed by atoms with E-state index in [1.54, 1.807) is 20.3 Å². The number of aromatic nitrogens is 1. The molecule has 27 heavy (non-hydrogen) atoms. The van der Waals surface area contributed by atoms with Gasteiger partial charge in [0.25, 0.3) is 0 Å². The van der Waals surface area contributed by atoms with Crippen LogP contribution in [0.25, 0.3) is 11.3 Å². The Hall–Kier alpha value is -2.86. The van der Waals surface area contributed by atoms with E-state index in [2.05, 4.69) is 42.3 Å². The number of amides is 1. The molecule has 0 saturated carbocycles. The summed E-state index contributed by atoms with van der Waals surface area (Å²) in [4.78, 5) is 17.0. The number of benzene rings is 2. The fourth-order valence-electron chi connectivity index (χ4n) is 2.81. The van der Waals surface area contributed by atoms with Gasteiger partial charge >= 0.3 is 0 Å². The fourth-order valence-corrected chi connectivity index (χ4v) is 3.53. The average Bonchev–Trinajstić information content (AvgIpc) is 3.11. The maximum atomic E-state index is 12.4. The van der Waals surface area contributed by atoms with Crippen LogP contribution in [0.4, 0.5) is 5.13 Å². The van der Waals surface area contributed by atoms with Crippen LogP contribution < -0.4 is 14.8 Å². The molecule has 0 fully saturated rings. The topological polar surface area (TPSA) is 60.5 Å². The minimum Gasteiger partial charge on any atom is -0.493 e. The van der Waals surface area contributed by atoms with Crippen molar-refractivity contribution in [2.75, 3.05) is 19.5 Å². The molecule has 0 aliphatic rings. The number of methoxy groups -OCH3 is 2. The van der Waals surface area contributed by atoms with Crippen molar-refractivity contribution in [2.45, 2.75) is 20.3 Å². The quantitative estimate of drug-likeness (QED) is 0.675. The van der Waals surface area contributed by atoms with E-state index in [0.717, 1.165) is 22.4 Å². The molecule has 1 N–H and O–H groups in total. The van der Waals surface area contributed by atoms with Crippen molar-refractivity contribution < 1.29 is 14.3 Å². The van der Waals surface area contributed by atoms with Crippen molar-refractivity contribution in [2.24, 2.45) is 0 Å². The van der Waals surface area contributed by atoms with Gasteiger partial charge in [-0.2, -0.15) is 0 Å². The minimum absolute atomic E-state index is 0.121. The van der Waals surface area contributed by atoms with Gasteiger partial charge in [0, 0.05) is 10.9 Å². The molecule has 140 valence electrons. The molecule has 2 aromatic carbocycles. The van der Waals surface area contributed by atoms with E-state index < -0.39 is 0 Å². The maximum Gasteiger partial charge on any atom is 0.230 e. The van der Waals surface area contributed by atoms with Crippen molar-refractivity contribution in [3.63, 3.8) is 0 Å². The van der Waals surface area contributed by atoms with Crippen LogP contribution in [0.15, 0.2) is 41.8 Å². The van der Waals surface area contributed by atoms with Crippen LogP contribution >= 0.6 is 11.3 Å². The maximum absolute atomic E-state index is 12.4. The summed E-state index contributed by atoms with van der Waals surface area (Å²) in [5, 5.41) is 5.44. The number of anilines is 1. The minimum atomic E-state index is -0.121. The van der Waals surface area contributed by atoms with Gasteiger partial charge in [-0.15, -0.1) is 11.3 Å². The Morgan fingerprint density at radius 2 is 1.85 bits per heavy atom. The summed E-state index contributed by atoms with van der Waals surface area (Å²) in [5.74, 6) is 1.12. The van der Waals surface area contributed by atoms with Crippen molar-refractivity contribution in [3.8, 4) is 22.8 Å². The van der Waals surface area contributed by atoms with Crippen LogP contribution in [0.5, 0.6) is 11.5 Å². The molecule has 0 bridgehead atoms. The zero-order valence-electron chi connectivity index (χ0n) is 15.8. The first-order valence-corrected chi connectivity index (χ1v) is 9.42. The highest BCUT2D eigenvalue weighted by Gasteiger charge is 2.12. The Labute approximate surface area is 163 Å². The van der Waals surface area contributed by atoms with Crippen LogP contribution in [-0.4, -0.2) is 25.1 Å². The lowest BCUT2D eigenvalue weighted by Gasteiger charge is -2.09. The second-order valence-corrected chi connectivity index (χ2v) is 7.13. The number of rotatable bonds is 6. The third kappa shape index (κ3) is 4.46. The van der Waals surface area contributed by atoms with Gasteiger partial charge in [0.2, 0.25) is 5.91 Å². The molecule has 5 nitrogen and oxygen atoms in total. The first-order valence-electron chi connectivity index (χ1n) is 8.54. The summed E-state index contributed by atoms with van der Waals surface area (Å²) < 4.78 is 10.5. The number of carbonyl (C=O) groups is 1. The number of hydrogen-bond donors (Lipinski definition) is 1. The van der Waals surface area contributed by atoms with E-state index in [-0.39, 0.29) is 12.3 Å². The van der Waals surface area contributed by atoms with Crippen molar-refractivity contribution in [1.82, 2.24) is 4.98 Å². The molecule has 0 unspecified atom stereocenters. The number of nitrogens with zero attached hydrogens (tertiary/aromatic N) is 1. The van der Waals surface area contributed by atoms with Crippen LogP contribution in [0, 0.1) is 13.8 Å². The summed E-state index contributed by atoms with van der Waals surface area (Å²) in [7, 11) is 3.16. The van der Waals surface area contributed by atoms with Crippen LogP contribution in [0.1, 0.15) is 16.7 Å². The Bertz CT molecular complexity index is 966. The Morgan fingerprint density at radius 1 is 1.07 bits per heavy atom. The predicted octanol–water partition coefficient (Wildman–Crippen LogP) is 4.63. The average molecular weight is 382 g/mol. The zero-order chi connectivity index (χ0) is 19.4. The molecule has 0 aliphatic heterocycles. The highest BCUT2D eigenvalue weighted by molar-refractivity contribution is 7.14. The molecule has 3 aromatic rings. The molecule has 0 radical (unpaired) electrons. The molecule has 0 spiro atoms. The Morgan fingerprint density at radius 3 is 2.59 bits per heavy atom. The monoisotopic (exact) mass is 382 g/mol. The standard InChI is InChI=1S/C21H22N2O3S/c1-13-5-6-14(2)16(9-13)17-12-27-21(22-17)23-20(24)11-15-7-8-18(25-3)19(10-15)26-4/h5-10,12H,11H2,1-4H3,(H,22,23,24). The van der Waals surface area contributed by atoms with Gasteiger partial charge in [-0.25, -0.2) is 4.98 Å². The molecule has 1 amide bonds.